The van der Waals surface area contributed by atoms with E-state index in [-0.39, 0.29) is 18.1 Å². The van der Waals surface area contributed by atoms with E-state index in [1.165, 1.54) is 0 Å². The molecule has 0 aliphatic rings. The van der Waals surface area contributed by atoms with Crippen LogP contribution in [0.3, 0.4) is 0 Å². The molecule has 0 radical (unpaired) electrons. The lowest BCUT2D eigenvalue weighted by atomic mass is 10.1. The molecule has 102 valence electrons. The van der Waals surface area contributed by atoms with Crippen LogP contribution in [0.2, 0.25) is 0 Å². The van der Waals surface area contributed by atoms with Crippen LogP contribution >= 0.6 is 0 Å². The second-order valence-corrected chi connectivity index (χ2v) is 6.03. The van der Waals surface area contributed by atoms with Crippen LogP contribution in [0.1, 0.15) is 17.5 Å². The highest BCUT2D eigenvalue weighted by Crippen LogP contribution is 2.09. The number of sulfone groups is 1. The normalized spacial score (nSPS) is 10.7. The molecule has 0 saturated heterocycles. The van der Waals surface area contributed by atoms with Gasteiger partial charge in [-0.1, -0.05) is 43.5 Å². The maximum atomic E-state index is 11.5. The fraction of sp³-hybridized carbons (Fsp3) is 0.214. The van der Waals surface area contributed by atoms with Crippen molar-refractivity contribution in [3.8, 4) is 0 Å². The van der Waals surface area contributed by atoms with E-state index in [1.54, 1.807) is 6.08 Å². The van der Waals surface area contributed by atoms with Gasteiger partial charge in [-0.3, -0.25) is 4.79 Å². The summed E-state index contributed by atoms with van der Waals surface area (Å²) in [4.78, 5) is 11.5. The molecular weight excluding hydrogens is 262 g/mol. The van der Waals surface area contributed by atoms with Crippen LogP contribution in [-0.4, -0.2) is 20.1 Å². The molecule has 0 heterocycles. The fourth-order valence-corrected chi connectivity index (χ4v) is 2.13. The summed E-state index contributed by atoms with van der Waals surface area (Å²) in [5.74, 6) is -0.518. The summed E-state index contributed by atoms with van der Waals surface area (Å²) in [6.45, 7) is 7.25. The van der Waals surface area contributed by atoms with Crippen molar-refractivity contribution in [2.24, 2.45) is 0 Å². The van der Waals surface area contributed by atoms with Crippen molar-refractivity contribution in [1.29, 1.82) is 0 Å². The van der Waals surface area contributed by atoms with Crippen molar-refractivity contribution in [3.63, 3.8) is 0 Å². The third-order valence-corrected chi connectivity index (χ3v) is 3.90. The molecule has 0 fully saturated rings. The van der Waals surface area contributed by atoms with E-state index in [1.807, 2.05) is 24.3 Å². The molecule has 0 saturated carbocycles. The van der Waals surface area contributed by atoms with Crippen LogP contribution in [0, 0.1) is 0 Å². The molecule has 0 atom stereocenters. The van der Waals surface area contributed by atoms with Crippen molar-refractivity contribution in [1.82, 2.24) is 5.32 Å². The van der Waals surface area contributed by atoms with Crippen LogP contribution in [0.4, 0.5) is 0 Å². The van der Waals surface area contributed by atoms with Gasteiger partial charge in [0.1, 0.15) is 0 Å². The van der Waals surface area contributed by atoms with E-state index in [0.29, 0.717) is 6.54 Å². The Hall–Kier alpha value is -1.88. The second-order valence-electron chi connectivity index (χ2n) is 3.96. The molecule has 0 aromatic heterocycles. The molecule has 1 rings (SSSR count). The van der Waals surface area contributed by atoms with E-state index < -0.39 is 9.84 Å². The molecule has 1 aromatic carbocycles. The molecule has 1 amide bonds. The van der Waals surface area contributed by atoms with Crippen molar-refractivity contribution in [2.75, 3.05) is 5.75 Å². The number of carbonyl (C=O) groups excluding carboxylic acids is 1. The number of hydrogen-bond donors (Lipinski definition) is 1. The van der Waals surface area contributed by atoms with Crippen LogP contribution in [0.5, 0.6) is 0 Å². The summed E-state index contributed by atoms with van der Waals surface area (Å²) in [6.07, 6.45) is 1.65. The fourth-order valence-electron chi connectivity index (χ4n) is 1.49. The van der Waals surface area contributed by atoms with E-state index in [4.69, 9.17) is 0 Å². The summed E-state index contributed by atoms with van der Waals surface area (Å²) >= 11 is 0. The number of carbonyl (C=O) groups is 1. The molecule has 1 N–H and O–H groups in total. The molecule has 1 aromatic rings. The van der Waals surface area contributed by atoms with Gasteiger partial charge in [0.05, 0.1) is 5.75 Å². The summed E-state index contributed by atoms with van der Waals surface area (Å²) in [5.41, 5.74) is 1.89. The maximum absolute atomic E-state index is 11.5. The lowest BCUT2D eigenvalue weighted by Gasteiger charge is -2.07. The number of amides is 1. The lowest BCUT2D eigenvalue weighted by Crippen LogP contribution is -2.25. The highest BCUT2D eigenvalue weighted by molar-refractivity contribution is 7.94. The maximum Gasteiger partial charge on any atom is 0.221 e. The molecule has 0 aliphatic carbocycles. The zero-order valence-electron chi connectivity index (χ0n) is 10.6. The summed E-state index contributed by atoms with van der Waals surface area (Å²) in [6, 6.07) is 7.55. The summed E-state index contributed by atoms with van der Waals surface area (Å²) in [5, 5.41) is 3.55. The minimum absolute atomic E-state index is 0.0649. The van der Waals surface area contributed by atoms with Gasteiger partial charge in [-0.05, 0) is 11.1 Å². The number of rotatable bonds is 7. The van der Waals surface area contributed by atoms with Gasteiger partial charge >= 0.3 is 0 Å². The van der Waals surface area contributed by atoms with Crippen LogP contribution in [-0.2, 0) is 21.2 Å². The molecule has 19 heavy (non-hydrogen) atoms. The third-order valence-electron chi connectivity index (χ3n) is 2.62. The van der Waals surface area contributed by atoms with Crippen molar-refractivity contribution in [3.05, 3.63) is 54.0 Å². The van der Waals surface area contributed by atoms with Gasteiger partial charge in [-0.25, -0.2) is 8.42 Å². The Labute approximate surface area is 113 Å². The average molecular weight is 279 g/mol. The van der Waals surface area contributed by atoms with E-state index in [9.17, 15) is 13.2 Å². The van der Waals surface area contributed by atoms with E-state index in [0.717, 1.165) is 16.5 Å². The van der Waals surface area contributed by atoms with Gasteiger partial charge in [0.2, 0.25) is 5.91 Å². The Balaban J connectivity index is 2.51. The van der Waals surface area contributed by atoms with Crippen LogP contribution in [0.15, 0.2) is 42.8 Å². The molecule has 4 nitrogen and oxygen atoms in total. The highest BCUT2D eigenvalue weighted by Gasteiger charge is 2.09. The van der Waals surface area contributed by atoms with E-state index >= 15 is 0 Å². The van der Waals surface area contributed by atoms with Crippen LogP contribution in [0.25, 0.3) is 6.08 Å². The standard InChI is InChI=1S/C14H17NO3S/c1-3-12-7-5-6-8-13(12)11-15-14(16)9-10-19(17,18)4-2/h3-8H,1-2,9-11H2,(H,15,16). The Morgan fingerprint density at radius 1 is 1.26 bits per heavy atom. The van der Waals surface area contributed by atoms with Gasteiger partial charge in [-0.15, -0.1) is 0 Å². The van der Waals surface area contributed by atoms with Crippen molar-refractivity contribution in [2.45, 2.75) is 13.0 Å². The van der Waals surface area contributed by atoms with Gasteiger partial charge in [0, 0.05) is 18.4 Å². The Morgan fingerprint density at radius 2 is 1.95 bits per heavy atom. The number of nitrogens with one attached hydrogen (secondary N) is 1. The first-order valence-corrected chi connectivity index (χ1v) is 7.52. The average Bonchev–Trinajstić information content (AvgIpc) is 2.43. The van der Waals surface area contributed by atoms with E-state index in [2.05, 4.69) is 18.5 Å². The third kappa shape index (κ3) is 5.09. The van der Waals surface area contributed by atoms with Gasteiger partial charge in [0.25, 0.3) is 0 Å². The highest BCUT2D eigenvalue weighted by atomic mass is 32.2. The quantitative estimate of drug-likeness (QED) is 0.829. The molecule has 0 spiro atoms. The predicted molar refractivity (Wildman–Crippen MR) is 77.0 cm³/mol. The topological polar surface area (TPSA) is 63.2 Å². The monoisotopic (exact) mass is 279 g/mol. The first-order chi connectivity index (χ1) is 8.98. The lowest BCUT2D eigenvalue weighted by molar-refractivity contribution is -0.120. The Morgan fingerprint density at radius 3 is 2.58 bits per heavy atom. The molecular formula is C14H17NO3S. The molecule has 0 bridgehead atoms. The first kappa shape index (κ1) is 15.2. The van der Waals surface area contributed by atoms with Crippen molar-refractivity contribution < 1.29 is 13.2 Å². The first-order valence-electron chi connectivity index (χ1n) is 5.81. The minimum atomic E-state index is -3.32. The van der Waals surface area contributed by atoms with Crippen molar-refractivity contribution >= 4 is 21.8 Å². The van der Waals surface area contributed by atoms with Gasteiger partial charge < -0.3 is 5.32 Å². The summed E-state index contributed by atoms with van der Waals surface area (Å²) in [7, 11) is -3.32. The summed E-state index contributed by atoms with van der Waals surface area (Å²) < 4.78 is 22.3. The smallest absolute Gasteiger partial charge is 0.221 e. The number of hydrogen-bond acceptors (Lipinski definition) is 3. The zero-order valence-corrected chi connectivity index (χ0v) is 11.4. The second kappa shape index (κ2) is 6.89. The molecule has 5 heteroatoms. The van der Waals surface area contributed by atoms with Crippen LogP contribution < -0.4 is 5.32 Å². The minimum Gasteiger partial charge on any atom is -0.352 e. The van der Waals surface area contributed by atoms with Gasteiger partial charge in [-0.2, -0.15) is 0 Å². The Bertz CT molecular complexity index is 576. The largest absolute Gasteiger partial charge is 0.352 e. The Kier molecular flexibility index (Phi) is 5.51. The SMILES string of the molecule is C=Cc1ccccc1CNC(=O)CCS(=O)(=O)C=C. The number of benzene rings is 1. The van der Waals surface area contributed by atoms with Gasteiger partial charge in [0.15, 0.2) is 9.84 Å². The zero-order chi connectivity index (χ0) is 14.3. The predicted octanol–water partition coefficient (Wildman–Crippen LogP) is 1.89. The molecule has 0 unspecified atom stereocenters. The molecule has 0 aliphatic heterocycles.